The van der Waals surface area contributed by atoms with Crippen LogP contribution in [0.3, 0.4) is 0 Å². The minimum Gasteiger partial charge on any atom is -0.313 e. The van der Waals surface area contributed by atoms with E-state index in [4.69, 9.17) is 0 Å². The van der Waals surface area contributed by atoms with E-state index in [1.54, 1.807) is 0 Å². The van der Waals surface area contributed by atoms with Crippen LogP contribution in [0.4, 0.5) is 0 Å². The Balaban J connectivity index is 4.14. The number of rotatable bonds is 7. The van der Waals surface area contributed by atoms with E-state index in [-0.39, 0.29) is 0 Å². The molecule has 0 aromatic rings. The van der Waals surface area contributed by atoms with Crippen molar-refractivity contribution in [1.82, 2.24) is 10.2 Å². The van der Waals surface area contributed by atoms with E-state index in [1.165, 1.54) is 6.42 Å². The summed E-state index contributed by atoms with van der Waals surface area (Å²) in [6, 6.07) is 1.90. The van der Waals surface area contributed by atoms with Crippen molar-refractivity contribution in [2.24, 2.45) is 5.92 Å². The third-order valence-corrected chi connectivity index (χ3v) is 3.42. The fraction of sp³-hybridized carbons (Fsp3) is 1.00. The van der Waals surface area contributed by atoms with Crippen LogP contribution in [-0.4, -0.2) is 36.6 Å². The van der Waals surface area contributed by atoms with Crippen LogP contribution in [0, 0.1) is 5.92 Å². The highest BCUT2D eigenvalue weighted by molar-refractivity contribution is 4.77. The molecule has 0 bridgehead atoms. The van der Waals surface area contributed by atoms with Gasteiger partial charge in [-0.25, -0.2) is 0 Å². The maximum atomic E-state index is 3.53. The molecule has 0 aliphatic heterocycles. The van der Waals surface area contributed by atoms with Crippen molar-refractivity contribution in [1.29, 1.82) is 0 Å². The Bertz CT molecular complexity index is 155. The standard InChI is InChI=1S/C13H30N2/c1-8-13(9-14-11(4)5)15(7)12(6)10(2)3/h10-14H,8-9H2,1-7H3. The molecule has 0 heterocycles. The van der Waals surface area contributed by atoms with Crippen LogP contribution in [0.25, 0.3) is 0 Å². The fourth-order valence-corrected chi connectivity index (χ4v) is 1.75. The van der Waals surface area contributed by atoms with Crippen LogP contribution >= 0.6 is 0 Å². The molecule has 0 radical (unpaired) electrons. The molecule has 1 N–H and O–H groups in total. The summed E-state index contributed by atoms with van der Waals surface area (Å²) >= 11 is 0. The molecule has 0 saturated heterocycles. The van der Waals surface area contributed by atoms with E-state index in [0.29, 0.717) is 18.1 Å². The zero-order chi connectivity index (χ0) is 12.0. The summed E-state index contributed by atoms with van der Waals surface area (Å²) < 4.78 is 0. The lowest BCUT2D eigenvalue weighted by Crippen LogP contribution is -2.47. The fourth-order valence-electron chi connectivity index (χ4n) is 1.75. The Morgan fingerprint density at radius 1 is 1.07 bits per heavy atom. The Morgan fingerprint density at radius 3 is 1.93 bits per heavy atom. The predicted molar refractivity (Wildman–Crippen MR) is 69.3 cm³/mol. The molecule has 0 aliphatic carbocycles. The molecule has 0 amide bonds. The molecule has 2 heteroatoms. The second-order valence-electron chi connectivity index (χ2n) is 5.28. The SMILES string of the molecule is CCC(CNC(C)C)N(C)C(C)C(C)C. The summed E-state index contributed by atoms with van der Waals surface area (Å²) in [7, 11) is 2.25. The second kappa shape index (κ2) is 7.24. The van der Waals surface area contributed by atoms with Gasteiger partial charge in [0, 0.05) is 24.7 Å². The molecule has 15 heavy (non-hydrogen) atoms. The first-order valence-electron chi connectivity index (χ1n) is 6.35. The quantitative estimate of drug-likeness (QED) is 0.701. The monoisotopic (exact) mass is 214 g/mol. The molecular weight excluding hydrogens is 184 g/mol. The lowest BCUT2D eigenvalue weighted by atomic mass is 10.0. The zero-order valence-corrected chi connectivity index (χ0v) is 11.7. The summed E-state index contributed by atoms with van der Waals surface area (Å²) in [4.78, 5) is 2.51. The highest BCUT2D eigenvalue weighted by Gasteiger charge is 2.20. The summed E-state index contributed by atoms with van der Waals surface area (Å²) in [5.74, 6) is 0.725. The lowest BCUT2D eigenvalue weighted by molar-refractivity contribution is 0.140. The molecular formula is C13H30N2. The Morgan fingerprint density at radius 2 is 1.60 bits per heavy atom. The highest BCUT2D eigenvalue weighted by Crippen LogP contribution is 2.13. The first-order chi connectivity index (χ1) is 6.90. The van der Waals surface area contributed by atoms with Gasteiger partial charge in [-0.3, -0.25) is 4.90 Å². The van der Waals surface area contributed by atoms with Crippen molar-refractivity contribution in [3.8, 4) is 0 Å². The molecule has 0 rings (SSSR count). The van der Waals surface area contributed by atoms with Crippen molar-refractivity contribution < 1.29 is 0 Å². The molecule has 2 atom stereocenters. The van der Waals surface area contributed by atoms with Crippen LogP contribution in [0.1, 0.15) is 48.0 Å². The van der Waals surface area contributed by atoms with Crippen LogP contribution < -0.4 is 5.32 Å². The molecule has 0 aromatic heterocycles. The molecule has 0 aliphatic rings. The summed E-state index contributed by atoms with van der Waals surface area (Å²) in [6.45, 7) is 14.7. The number of likely N-dealkylation sites (N-methyl/N-ethyl adjacent to an activating group) is 1. The predicted octanol–water partition coefficient (Wildman–Crippen LogP) is 2.74. The lowest BCUT2D eigenvalue weighted by Gasteiger charge is -2.35. The third-order valence-electron chi connectivity index (χ3n) is 3.42. The van der Waals surface area contributed by atoms with Crippen molar-refractivity contribution in [3.05, 3.63) is 0 Å². The first-order valence-corrected chi connectivity index (χ1v) is 6.35. The van der Waals surface area contributed by atoms with E-state index in [9.17, 15) is 0 Å². The molecule has 2 nitrogen and oxygen atoms in total. The average Bonchev–Trinajstić information content (AvgIpc) is 2.16. The molecule has 0 saturated carbocycles. The van der Waals surface area contributed by atoms with E-state index < -0.39 is 0 Å². The normalized spacial score (nSPS) is 16.4. The topological polar surface area (TPSA) is 15.3 Å². The van der Waals surface area contributed by atoms with Gasteiger partial charge >= 0.3 is 0 Å². The zero-order valence-electron chi connectivity index (χ0n) is 11.7. The van der Waals surface area contributed by atoms with Gasteiger partial charge in [-0.1, -0.05) is 34.6 Å². The second-order valence-corrected chi connectivity index (χ2v) is 5.28. The molecule has 2 unspecified atom stereocenters. The summed E-state index contributed by atoms with van der Waals surface area (Å²) in [6.07, 6.45) is 1.22. The van der Waals surface area contributed by atoms with Crippen molar-refractivity contribution in [2.45, 2.75) is 66.1 Å². The van der Waals surface area contributed by atoms with Gasteiger partial charge in [-0.15, -0.1) is 0 Å². The van der Waals surface area contributed by atoms with Crippen LogP contribution in [0.5, 0.6) is 0 Å². The van der Waals surface area contributed by atoms with Gasteiger partial charge in [0.05, 0.1) is 0 Å². The van der Waals surface area contributed by atoms with Crippen molar-refractivity contribution >= 4 is 0 Å². The van der Waals surface area contributed by atoms with E-state index >= 15 is 0 Å². The number of hydrogen-bond acceptors (Lipinski definition) is 2. The number of nitrogens with zero attached hydrogens (tertiary/aromatic N) is 1. The van der Waals surface area contributed by atoms with Gasteiger partial charge in [-0.2, -0.15) is 0 Å². The minimum absolute atomic E-state index is 0.585. The Labute approximate surface area is 96.4 Å². The van der Waals surface area contributed by atoms with Gasteiger partial charge in [0.15, 0.2) is 0 Å². The van der Waals surface area contributed by atoms with Crippen molar-refractivity contribution in [3.63, 3.8) is 0 Å². The van der Waals surface area contributed by atoms with Crippen LogP contribution in [0.15, 0.2) is 0 Å². The molecule has 0 fully saturated rings. The summed E-state index contributed by atoms with van der Waals surface area (Å²) in [5, 5.41) is 3.53. The largest absolute Gasteiger partial charge is 0.313 e. The number of nitrogens with one attached hydrogen (secondary N) is 1. The van der Waals surface area contributed by atoms with Crippen LogP contribution in [-0.2, 0) is 0 Å². The van der Waals surface area contributed by atoms with Gasteiger partial charge in [0.1, 0.15) is 0 Å². The smallest absolute Gasteiger partial charge is 0.0217 e. The molecule has 0 spiro atoms. The minimum atomic E-state index is 0.585. The van der Waals surface area contributed by atoms with Gasteiger partial charge in [-0.05, 0) is 26.3 Å². The first kappa shape index (κ1) is 14.9. The van der Waals surface area contributed by atoms with Crippen LogP contribution in [0.2, 0.25) is 0 Å². The maximum Gasteiger partial charge on any atom is 0.0217 e. The molecule has 0 aromatic carbocycles. The summed E-state index contributed by atoms with van der Waals surface area (Å²) in [5.41, 5.74) is 0. The molecule has 92 valence electrons. The Hall–Kier alpha value is -0.0800. The van der Waals surface area contributed by atoms with Gasteiger partial charge in [0.25, 0.3) is 0 Å². The highest BCUT2D eigenvalue weighted by atomic mass is 15.2. The third kappa shape index (κ3) is 5.53. The van der Waals surface area contributed by atoms with Gasteiger partial charge < -0.3 is 5.32 Å². The average molecular weight is 214 g/mol. The van der Waals surface area contributed by atoms with Crippen molar-refractivity contribution in [2.75, 3.05) is 13.6 Å². The van der Waals surface area contributed by atoms with E-state index in [2.05, 4.69) is 58.8 Å². The maximum absolute atomic E-state index is 3.53. The Kier molecular flexibility index (Phi) is 7.20. The number of hydrogen-bond donors (Lipinski definition) is 1. The van der Waals surface area contributed by atoms with Gasteiger partial charge in [0.2, 0.25) is 0 Å². The van der Waals surface area contributed by atoms with E-state index in [1.807, 2.05) is 0 Å². The van der Waals surface area contributed by atoms with E-state index in [0.717, 1.165) is 12.5 Å².